The molecular formula is C16H26ClN3O3. The summed E-state index contributed by atoms with van der Waals surface area (Å²) in [7, 11) is 5.08. The number of likely N-dealkylation sites (N-methyl/N-ethyl adjacent to an activating group) is 1. The van der Waals surface area contributed by atoms with E-state index in [-0.39, 0.29) is 18.3 Å². The summed E-state index contributed by atoms with van der Waals surface area (Å²) < 4.78 is 10.6. The average Bonchev–Trinajstić information content (AvgIpc) is 2.55. The first-order chi connectivity index (χ1) is 10.7. The number of anilines is 1. The molecule has 0 radical (unpaired) electrons. The maximum absolute atomic E-state index is 11.8. The summed E-state index contributed by atoms with van der Waals surface area (Å²) in [5.41, 5.74) is 0.983. The summed E-state index contributed by atoms with van der Waals surface area (Å²) >= 11 is 0. The first kappa shape index (κ1) is 19.4. The molecule has 6 nitrogen and oxygen atoms in total. The molecule has 1 saturated heterocycles. The maximum atomic E-state index is 11.8. The molecule has 1 aliphatic rings. The standard InChI is InChI=1S/C16H25N3O3.ClH/c1-17-11-16(20)19-6-4-12(5-7-19)18-13-8-14(21-2)10-15(9-13)22-3;/h8-10,12,17-18H,4-7,11H2,1-3H3;1H. The third-order valence-corrected chi connectivity index (χ3v) is 3.90. The Kier molecular flexibility index (Phi) is 7.98. The Morgan fingerprint density at radius 3 is 2.22 bits per heavy atom. The Bertz CT molecular complexity index is 483. The molecule has 1 heterocycles. The minimum atomic E-state index is 0. The van der Waals surface area contributed by atoms with Crippen molar-refractivity contribution >= 4 is 24.0 Å². The van der Waals surface area contributed by atoms with E-state index >= 15 is 0 Å². The molecule has 130 valence electrons. The van der Waals surface area contributed by atoms with E-state index < -0.39 is 0 Å². The molecule has 1 aromatic carbocycles. The first-order valence-corrected chi connectivity index (χ1v) is 7.58. The molecule has 0 unspecified atom stereocenters. The van der Waals surface area contributed by atoms with Crippen molar-refractivity contribution in [2.75, 3.05) is 46.2 Å². The van der Waals surface area contributed by atoms with Crippen molar-refractivity contribution < 1.29 is 14.3 Å². The maximum Gasteiger partial charge on any atom is 0.236 e. The van der Waals surface area contributed by atoms with Crippen molar-refractivity contribution in [2.24, 2.45) is 0 Å². The predicted octanol–water partition coefficient (Wildman–Crippen LogP) is 1.75. The van der Waals surface area contributed by atoms with Crippen LogP contribution in [0.25, 0.3) is 0 Å². The summed E-state index contributed by atoms with van der Waals surface area (Å²) in [6.07, 6.45) is 1.88. The molecule has 7 heteroatoms. The fourth-order valence-corrected chi connectivity index (χ4v) is 2.66. The van der Waals surface area contributed by atoms with Crippen LogP contribution < -0.4 is 20.1 Å². The number of ether oxygens (including phenoxy) is 2. The van der Waals surface area contributed by atoms with Crippen molar-refractivity contribution in [1.82, 2.24) is 10.2 Å². The predicted molar refractivity (Wildman–Crippen MR) is 93.9 cm³/mol. The lowest BCUT2D eigenvalue weighted by Gasteiger charge is -2.33. The molecule has 1 amide bonds. The largest absolute Gasteiger partial charge is 0.497 e. The SMILES string of the molecule is CNCC(=O)N1CCC(Nc2cc(OC)cc(OC)c2)CC1.Cl. The topological polar surface area (TPSA) is 62.8 Å². The van der Waals surface area contributed by atoms with Crippen LogP contribution in [-0.2, 0) is 4.79 Å². The molecule has 1 aliphatic heterocycles. The zero-order valence-electron chi connectivity index (χ0n) is 13.9. The Morgan fingerprint density at radius 2 is 1.74 bits per heavy atom. The number of piperidine rings is 1. The van der Waals surface area contributed by atoms with Crippen LogP contribution in [0.5, 0.6) is 11.5 Å². The average molecular weight is 344 g/mol. The van der Waals surface area contributed by atoms with Crippen LogP contribution in [0.3, 0.4) is 0 Å². The minimum absolute atomic E-state index is 0. The molecule has 1 fully saturated rings. The molecule has 2 N–H and O–H groups in total. The monoisotopic (exact) mass is 343 g/mol. The lowest BCUT2D eigenvalue weighted by atomic mass is 10.0. The van der Waals surface area contributed by atoms with Gasteiger partial charge in [0.2, 0.25) is 5.91 Å². The number of halogens is 1. The van der Waals surface area contributed by atoms with Crippen molar-refractivity contribution in [3.63, 3.8) is 0 Å². The van der Waals surface area contributed by atoms with E-state index in [1.165, 1.54) is 0 Å². The Morgan fingerprint density at radius 1 is 1.17 bits per heavy atom. The van der Waals surface area contributed by atoms with Gasteiger partial charge in [0.1, 0.15) is 11.5 Å². The summed E-state index contributed by atoms with van der Waals surface area (Å²) in [6, 6.07) is 6.13. The van der Waals surface area contributed by atoms with Gasteiger partial charge in [-0.3, -0.25) is 4.79 Å². The third kappa shape index (κ3) is 5.48. The molecule has 0 aliphatic carbocycles. The van der Waals surface area contributed by atoms with Gasteiger partial charge < -0.3 is 25.0 Å². The van der Waals surface area contributed by atoms with Crippen LogP contribution in [0.15, 0.2) is 18.2 Å². The fraction of sp³-hybridized carbons (Fsp3) is 0.562. The number of benzene rings is 1. The molecular weight excluding hydrogens is 318 g/mol. The number of nitrogens with one attached hydrogen (secondary N) is 2. The highest BCUT2D eigenvalue weighted by Gasteiger charge is 2.22. The molecule has 0 aromatic heterocycles. The lowest BCUT2D eigenvalue weighted by Crippen LogP contribution is -2.45. The second-order valence-electron chi connectivity index (χ2n) is 5.43. The third-order valence-electron chi connectivity index (χ3n) is 3.90. The molecule has 1 aromatic rings. The van der Waals surface area contributed by atoms with E-state index in [0.29, 0.717) is 12.6 Å². The summed E-state index contributed by atoms with van der Waals surface area (Å²) in [5, 5.41) is 6.41. The summed E-state index contributed by atoms with van der Waals surface area (Å²) in [4.78, 5) is 13.8. The van der Waals surface area contributed by atoms with Gasteiger partial charge in [0.25, 0.3) is 0 Å². The van der Waals surface area contributed by atoms with Crippen LogP contribution in [0.2, 0.25) is 0 Å². The Hall–Kier alpha value is -1.66. The van der Waals surface area contributed by atoms with E-state index in [4.69, 9.17) is 9.47 Å². The number of carbonyl (C=O) groups excluding carboxylic acids is 1. The molecule has 0 saturated carbocycles. The van der Waals surface area contributed by atoms with E-state index in [1.807, 2.05) is 23.1 Å². The smallest absolute Gasteiger partial charge is 0.236 e. The number of amides is 1. The van der Waals surface area contributed by atoms with Gasteiger partial charge in [-0.2, -0.15) is 0 Å². The van der Waals surface area contributed by atoms with Crippen LogP contribution in [0.1, 0.15) is 12.8 Å². The number of rotatable bonds is 6. The summed E-state index contributed by atoms with van der Waals surface area (Å²) in [6.45, 7) is 1.99. The minimum Gasteiger partial charge on any atom is -0.497 e. The van der Waals surface area contributed by atoms with Crippen molar-refractivity contribution in [1.29, 1.82) is 0 Å². The molecule has 0 atom stereocenters. The van der Waals surface area contributed by atoms with Crippen molar-refractivity contribution in [3.8, 4) is 11.5 Å². The normalized spacial score (nSPS) is 14.8. The Balaban J connectivity index is 0.00000264. The highest BCUT2D eigenvalue weighted by molar-refractivity contribution is 5.85. The van der Waals surface area contributed by atoms with Gasteiger partial charge in [-0.15, -0.1) is 12.4 Å². The Labute approximate surface area is 143 Å². The van der Waals surface area contributed by atoms with Crippen molar-refractivity contribution in [2.45, 2.75) is 18.9 Å². The lowest BCUT2D eigenvalue weighted by molar-refractivity contribution is -0.131. The van der Waals surface area contributed by atoms with Crippen LogP contribution in [0.4, 0.5) is 5.69 Å². The van der Waals surface area contributed by atoms with Crippen molar-refractivity contribution in [3.05, 3.63) is 18.2 Å². The van der Waals surface area contributed by atoms with Crippen LogP contribution in [-0.4, -0.2) is 57.8 Å². The van der Waals surface area contributed by atoms with Gasteiger partial charge in [-0.05, 0) is 19.9 Å². The molecule has 23 heavy (non-hydrogen) atoms. The van der Waals surface area contributed by atoms with Gasteiger partial charge in [0, 0.05) is 43.0 Å². The van der Waals surface area contributed by atoms with Gasteiger partial charge in [0.15, 0.2) is 0 Å². The molecule has 0 spiro atoms. The van der Waals surface area contributed by atoms with Gasteiger partial charge in [-0.25, -0.2) is 0 Å². The summed E-state index contributed by atoms with van der Waals surface area (Å²) in [5.74, 6) is 1.70. The number of likely N-dealkylation sites (tertiary alicyclic amines) is 1. The second-order valence-corrected chi connectivity index (χ2v) is 5.43. The fourth-order valence-electron chi connectivity index (χ4n) is 2.66. The quantitative estimate of drug-likeness (QED) is 0.824. The molecule has 0 bridgehead atoms. The van der Waals surface area contributed by atoms with E-state index in [9.17, 15) is 4.79 Å². The zero-order chi connectivity index (χ0) is 15.9. The highest BCUT2D eigenvalue weighted by Crippen LogP contribution is 2.27. The number of methoxy groups -OCH3 is 2. The first-order valence-electron chi connectivity index (χ1n) is 7.58. The number of carbonyl (C=O) groups is 1. The van der Waals surface area contributed by atoms with E-state index in [0.717, 1.165) is 43.1 Å². The number of hydrogen-bond acceptors (Lipinski definition) is 5. The zero-order valence-corrected chi connectivity index (χ0v) is 14.7. The van der Waals surface area contributed by atoms with E-state index in [1.54, 1.807) is 21.3 Å². The van der Waals surface area contributed by atoms with E-state index in [2.05, 4.69) is 10.6 Å². The second kappa shape index (κ2) is 9.47. The van der Waals surface area contributed by atoms with Crippen LogP contribution >= 0.6 is 12.4 Å². The van der Waals surface area contributed by atoms with Gasteiger partial charge >= 0.3 is 0 Å². The van der Waals surface area contributed by atoms with Gasteiger partial charge in [-0.1, -0.05) is 0 Å². The highest BCUT2D eigenvalue weighted by atomic mass is 35.5. The molecule has 2 rings (SSSR count). The number of nitrogens with zero attached hydrogens (tertiary/aromatic N) is 1. The number of hydrogen-bond donors (Lipinski definition) is 2. The van der Waals surface area contributed by atoms with Crippen LogP contribution in [0, 0.1) is 0 Å². The van der Waals surface area contributed by atoms with Gasteiger partial charge in [0.05, 0.1) is 20.8 Å².